The van der Waals surface area contributed by atoms with Crippen molar-refractivity contribution in [2.45, 2.75) is 57.7 Å². The number of likely N-dealkylation sites (tertiary alicyclic amines) is 1. The summed E-state index contributed by atoms with van der Waals surface area (Å²) in [5.74, 6) is -11.0. The van der Waals surface area contributed by atoms with Crippen molar-refractivity contribution in [1.29, 1.82) is 5.26 Å². The minimum Gasteiger partial charge on any atom is -0.507 e. The predicted molar refractivity (Wildman–Crippen MR) is 144 cm³/mol. The predicted octanol–water partition coefficient (Wildman–Crippen LogP) is 0.361. The summed E-state index contributed by atoms with van der Waals surface area (Å²) in [6.07, 6.45) is 1.99. The first-order valence-electron chi connectivity index (χ1n) is 14.0. The number of hydrogen-bond donors (Lipinski definition) is 3. The zero-order valence-electron chi connectivity index (χ0n) is 23.8. The van der Waals surface area contributed by atoms with Crippen molar-refractivity contribution in [2.75, 3.05) is 27.2 Å². The number of hydrogen-bond acceptors (Lipinski definition) is 10. The lowest BCUT2D eigenvalue weighted by Gasteiger charge is -2.52. The van der Waals surface area contributed by atoms with Gasteiger partial charge >= 0.3 is 0 Å². The maximum absolute atomic E-state index is 13.9. The topological polar surface area (TPSA) is 182 Å². The number of nitrogens with two attached hydrogens (primary N) is 1. The number of aliphatic hydroxyl groups is 1. The molecule has 1 aromatic carbocycles. The number of carbonyl (C=O) groups is 5. The molecule has 6 atom stereocenters. The van der Waals surface area contributed by atoms with E-state index in [4.69, 9.17) is 5.73 Å². The second kappa shape index (κ2) is 9.82. The quantitative estimate of drug-likeness (QED) is 0.432. The number of nitrogens with zero attached hydrogens (tertiary/aromatic N) is 3. The molecule has 4 N–H and O–H groups in total. The van der Waals surface area contributed by atoms with Crippen molar-refractivity contribution in [2.24, 2.45) is 34.8 Å². The third-order valence-electron chi connectivity index (χ3n) is 9.86. The van der Waals surface area contributed by atoms with Gasteiger partial charge in [-0.1, -0.05) is 13.8 Å². The Morgan fingerprint density at radius 1 is 1.17 bits per heavy atom. The fourth-order valence-electron chi connectivity index (χ4n) is 7.57. The second-order valence-corrected chi connectivity index (χ2v) is 13.1. The molecule has 1 saturated heterocycles. The van der Waals surface area contributed by atoms with Crippen LogP contribution in [0.5, 0.6) is 5.75 Å². The van der Waals surface area contributed by atoms with E-state index in [2.05, 4.69) is 24.8 Å². The van der Waals surface area contributed by atoms with E-state index < -0.39 is 64.4 Å². The summed E-state index contributed by atoms with van der Waals surface area (Å²) < 4.78 is 0. The van der Waals surface area contributed by atoms with Crippen LogP contribution in [0.1, 0.15) is 60.2 Å². The first-order valence-corrected chi connectivity index (χ1v) is 14.0. The van der Waals surface area contributed by atoms with Gasteiger partial charge in [-0.2, -0.15) is 5.26 Å². The van der Waals surface area contributed by atoms with Crippen LogP contribution in [0.4, 0.5) is 0 Å². The van der Waals surface area contributed by atoms with Crippen LogP contribution in [-0.4, -0.2) is 87.9 Å². The number of Topliss-reactive ketones (excluding diaryl/α,β-unsaturated/α-hetero) is 4. The molecule has 1 aliphatic heterocycles. The average Bonchev–Trinajstić information content (AvgIpc) is 2.87. The van der Waals surface area contributed by atoms with E-state index in [0.717, 1.165) is 25.9 Å². The Morgan fingerprint density at radius 3 is 2.37 bits per heavy atom. The van der Waals surface area contributed by atoms with Crippen molar-refractivity contribution in [3.05, 3.63) is 28.3 Å². The van der Waals surface area contributed by atoms with Gasteiger partial charge in [-0.15, -0.1) is 0 Å². The van der Waals surface area contributed by atoms with Gasteiger partial charge in [0.05, 0.1) is 29.2 Å². The van der Waals surface area contributed by atoms with Crippen LogP contribution >= 0.6 is 0 Å². The van der Waals surface area contributed by atoms with Gasteiger partial charge in [0, 0.05) is 12.5 Å². The zero-order chi connectivity index (χ0) is 30.2. The molecule has 0 spiro atoms. The lowest BCUT2D eigenvalue weighted by molar-refractivity contribution is -0.181. The SMILES string of the molecule is CN(C)[C@@H]1C(=O)C(C(N)=O)C(=O)[C@@]2(O)C(=O)C3C(=O)c4c(O)cc(CN5CCC(C)(C)CC5)c(C#N)c4C[C@H]3C[C@@H]12. The van der Waals surface area contributed by atoms with Gasteiger partial charge in [0.15, 0.2) is 34.7 Å². The number of ketones is 4. The standard InChI is InChI=1S/C30H36N4O7/c1-29(2)5-7-34(8-6-29)13-15-11-19(35)21-16(17(15)12-31)9-14-10-18-23(33(3)4)25(37)22(28(32)40)27(39)30(18,41)26(38)20(14)24(21)36/h11,14,18,20,22-23,35,41H,5-10,13H2,1-4H3,(H2,32,40)/t14-,18-,20?,22?,23-,30-/m0/s1. The fraction of sp³-hybridized carbons (Fsp3) is 0.600. The van der Waals surface area contributed by atoms with Gasteiger partial charge in [0.1, 0.15) is 5.75 Å². The fourth-order valence-corrected chi connectivity index (χ4v) is 7.57. The normalized spacial score (nSPS) is 33.1. The van der Waals surface area contributed by atoms with Crippen molar-refractivity contribution in [3.63, 3.8) is 0 Å². The van der Waals surface area contributed by atoms with Crippen molar-refractivity contribution in [1.82, 2.24) is 9.80 Å². The Balaban J connectivity index is 1.56. The van der Waals surface area contributed by atoms with Crippen LogP contribution in [0, 0.1) is 40.4 Å². The number of rotatable bonds is 4. The van der Waals surface area contributed by atoms with Crippen LogP contribution in [0.25, 0.3) is 0 Å². The number of benzene rings is 1. The minimum atomic E-state index is -2.77. The van der Waals surface area contributed by atoms with Crippen LogP contribution in [0.15, 0.2) is 6.07 Å². The molecule has 1 heterocycles. The Kier molecular flexibility index (Phi) is 6.96. The molecule has 3 aliphatic carbocycles. The van der Waals surface area contributed by atoms with Crippen LogP contribution in [0.3, 0.4) is 0 Å². The second-order valence-electron chi connectivity index (χ2n) is 13.1. The number of likely N-dealkylation sites (N-methyl/N-ethyl adjacent to an activating group) is 1. The van der Waals surface area contributed by atoms with E-state index in [9.17, 15) is 39.4 Å². The number of primary amides is 1. The molecular formula is C30H36N4O7. The molecule has 41 heavy (non-hydrogen) atoms. The zero-order valence-corrected chi connectivity index (χ0v) is 23.8. The van der Waals surface area contributed by atoms with Crippen molar-refractivity contribution < 1.29 is 34.2 Å². The molecule has 1 aromatic rings. The Labute approximate surface area is 238 Å². The Bertz CT molecular complexity index is 1420. The number of nitriles is 1. The largest absolute Gasteiger partial charge is 0.507 e. The van der Waals surface area contributed by atoms with Gasteiger partial charge in [-0.05, 0) is 81.4 Å². The molecule has 1 amide bonds. The van der Waals surface area contributed by atoms with Gasteiger partial charge in [0.25, 0.3) is 0 Å². The third-order valence-corrected chi connectivity index (χ3v) is 9.86. The molecule has 5 rings (SSSR count). The highest BCUT2D eigenvalue weighted by molar-refractivity contribution is 6.32. The summed E-state index contributed by atoms with van der Waals surface area (Å²) in [5, 5.41) is 32.9. The Morgan fingerprint density at radius 2 is 1.80 bits per heavy atom. The first-order chi connectivity index (χ1) is 19.1. The van der Waals surface area contributed by atoms with Gasteiger partial charge in [0.2, 0.25) is 5.91 Å². The first kappa shape index (κ1) is 29.0. The van der Waals surface area contributed by atoms with Crippen molar-refractivity contribution in [3.8, 4) is 11.8 Å². The maximum Gasteiger partial charge on any atom is 0.235 e. The number of fused-ring (bicyclic) bond motifs is 3. The molecule has 11 heteroatoms. The van der Waals surface area contributed by atoms with Gasteiger partial charge in [-0.3, -0.25) is 33.8 Å². The summed E-state index contributed by atoms with van der Waals surface area (Å²) in [6.45, 7) is 6.51. The summed E-state index contributed by atoms with van der Waals surface area (Å²) in [5.41, 5.74) is 3.86. The van der Waals surface area contributed by atoms with Gasteiger partial charge in [-0.25, -0.2) is 0 Å². The van der Waals surface area contributed by atoms with E-state index in [-0.39, 0.29) is 35.1 Å². The molecule has 4 aliphatic rings. The number of carbonyl (C=O) groups excluding carboxylic acids is 5. The van der Waals surface area contributed by atoms with E-state index >= 15 is 0 Å². The average molecular weight is 565 g/mol. The number of piperidine rings is 1. The number of amides is 1. The van der Waals surface area contributed by atoms with Crippen molar-refractivity contribution >= 4 is 29.0 Å². The summed E-state index contributed by atoms with van der Waals surface area (Å²) in [7, 11) is 3.07. The maximum atomic E-state index is 13.9. The van der Waals surface area contributed by atoms with E-state index in [0.29, 0.717) is 17.7 Å². The summed E-state index contributed by atoms with van der Waals surface area (Å²) in [6, 6.07) is 2.44. The molecule has 0 bridgehead atoms. The monoisotopic (exact) mass is 564 g/mol. The molecular weight excluding hydrogens is 528 g/mol. The molecule has 2 saturated carbocycles. The molecule has 0 radical (unpaired) electrons. The molecule has 0 aromatic heterocycles. The van der Waals surface area contributed by atoms with Crippen LogP contribution in [-0.2, 0) is 32.1 Å². The van der Waals surface area contributed by atoms with E-state index in [1.54, 1.807) is 0 Å². The molecule has 11 nitrogen and oxygen atoms in total. The molecule has 2 unspecified atom stereocenters. The number of aromatic hydroxyl groups is 1. The lowest BCUT2D eigenvalue weighted by Crippen LogP contribution is -2.74. The number of phenolic OH excluding ortho intramolecular Hbond substituents is 1. The van der Waals surface area contributed by atoms with Gasteiger partial charge < -0.3 is 15.9 Å². The number of phenols is 1. The summed E-state index contributed by atoms with van der Waals surface area (Å²) in [4.78, 5) is 70.1. The summed E-state index contributed by atoms with van der Waals surface area (Å²) >= 11 is 0. The Hall–Kier alpha value is -3.46. The highest BCUT2D eigenvalue weighted by Gasteiger charge is 2.69. The van der Waals surface area contributed by atoms with E-state index in [1.807, 2.05) is 0 Å². The van der Waals surface area contributed by atoms with E-state index in [1.165, 1.54) is 25.1 Å². The third kappa shape index (κ3) is 4.31. The minimum absolute atomic E-state index is 0.0546. The van der Waals surface area contributed by atoms with Crippen LogP contribution in [0.2, 0.25) is 0 Å². The lowest BCUT2D eigenvalue weighted by atomic mass is 9.52. The highest BCUT2D eigenvalue weighted by Crippen LogP contribution is 2.51. The molecule has 218 valence electrons. The smallest absolute Gasteiger partial charge is 0.235 e. The highest BCUT2D eigenvalue weighted by atomic mass is 16.3. The molecule has 3 fully saturated rings. The van der Waals surface area contributed by atoms with Crippen LogP contribution < -0.4 is 5.73 Å².